The molecule has 1 aliphatic rings. The Morgan fingerprint density at radius 2 is 1.45 bits per heavy atom. The standard InChI is InChI=1S/C31H25N5O2/c37-36(38)26-18-16-23(17-19-26)27-20-28(24-12-6-2-7-13-24)35(21-22-10-4-1-5-11-22)31-30(32-27)29(33-34-31)25-14-8-3-9-15-25/h1-19,28H,20-21H2,(H,33,34)/t28-/m0/s1. The number of anilines is 1. The first kappa shape index (κ1) is 23.4. The zero-order chi connectivity index (χ0) is 25.9. The molecule has 7 heteroatoms. The van der Waals surface area contributed by atoms with Crippen LogP contribution in [0.15, 0.2) is 120 Å². The smallest absolute Gasteiger partial charge is 0.269 e. The molecule has 0 bridgehead atoms. The summed E-state index contributed by atoms with van der Waals surface area (Å²) >= 11 is 0. The summed E-state index contributed by atoms with van der Waals surface area (Å²) in [6, 6.07) is 37.4. The molecule has 0 unspecified atom stereocenters. The number of nitrogens with one attached hydrogen (secondary N) is 1. The molecule has 0 spiro atoms. The number of nitro groups is 1. The summed E-state index contributed by atoms with van der Waals surface area (Å²) in [5.74, 6) is 0.776. The number of aromatic amines is 1. The number of hydrogen-bond acceptors (Lipinski definition) is 5. The third-order valence-corrected chi connectivity index (χ3v) is 6.86. The number of aromatic nitrogens is 2. The van der Waals surface area contributed by atoms with Gasteiger partial charge in [0.15, 0.2) is 5.82 Å². The highest BCUT2D eigenvalue weighted by Gasteiger charge is 2.32. The van der Waals surface area contributed by atoms with Gasteiger partial charge in [0.05, 0.1) is 22.4 Å². The second kappa shape index (κ2) is 10.1. The second-order valence-electron chi connectivity index (χ2n) is 9.24. The maximum absolute atomic E-state index is 11.3. The Morgan fingerprint density at radius 1 is 0.816 bits per heavy atom. The van der Waals surface area contributed by atoms with Crippen LogP contribution in [-0.4, -0.2) is 20.8 Å². The predicted molar refractivity (Wildman–Crippen MR) is 150 cm³/mol. The van der Waals surface area contributed by atoms with E-state index in [0.29, 0.717) is 13.0 Å². The van der Waals surface area contributed by atoms with Crippen molar-refractivity contribution in [1.29, 1.82) is 0 Å². The van der Waals surface area contributed by atoms with Gasteiger partial charge in [-0.15, -0.1) is 0 Å². The molecular formula is C31H25N5O2. The maximum atomic E-state index is 11.3. The fourth-order valence-corrected chi connectivity index (χ4v) is 4.96. The Balaban J connectivity index is 1.54. The highest BCUT2D eigenvalue weighted by Crippen LogP contribution is 2.44. The lowest BCUT2D eigenvalue weighted by Gasteiger charge is -2.31. The van der Waals surface area contributed by atoms with Crippen molar-refractivity contribution in [1.82, 2.24) is 10.2 Å². The molecule has 5 aromatic rings. The lowest BCUT2D eigenvalue weighted by molar-refractivity contribution is -0.384. The number of rotatable bonds is 6. The number of aliphatic imine (C=N–C) groups is 1. The molecule has 186 valence electrons. The first-order chi connectivity index (χ1) is 18.7. The molecule has 0 saturated heterocycles. The molecule has 38 heavy (non-hydrogen) atoms. The number of hydrogen-bond donors (Lipinski definition) is 1. The van der Waals surface area contributed by atoms with Crippen LogP contribution >= 0.6 is 0 Å². The maximum Gasteiger partial charge on any atom is 0.269 e. The summed E-state index contributed by atoms with van der Waals surface area (Å²) in [6.45, 7) is 0.648. The molecule has 0 saturated carbocycles. The van der Waals surface area contributed by atoms with E-state index in [0.717, 1.165) is 39.6 Å². The van der Waals surface area contributed by atoms with E-state index in [1.54, 1.807) is 12.1 Å². The quantitative estimate of drug-likeness (QED) is 0.197. The number of benzene rings is 4. The molecule has 4 aromatic carbocycles. The number of nitrogens with zero attached hydrogens (tertiary/aromatic N) is 4. The van der Waals surface area contributed by atoms with Crippen molar-refractivity contribution in [2.24, 2.45) is 4.99 Å². The van der Waals surface area contributed by atoms with E-state index in [-0.39, 0.29) is 16.7 Å². The molecule has 6 rings (SSSR count). The third-order valence-electron chi connectivity index (χ3n) is 6.86. The number of non-ortho nitro benzene ring substituents is 1. The van der Waals surface area contributed by atoms with Gasteiger partial charge in [-0.05, 0) is 28.8 Å². The van der Waals surface area contributed by atoms with E-state index >= 15 is 0 Å². The van der Waals surface area contributed by atoms with Gasteiger partial charge in [-0.2, -0.15) is 5.10 Å². The molecule has 0 aliphatic carbocycles. The summed E-state index contributed by atoms with van der Waals surface area (Å²) in [4.78, 5) is 18.4. The summed E-state index contributed by atoms with van der Waals surface area (Å²) in [6.07, 6.45) is 0.610. The Hall–Kier alpha value is -5.04. The lowest BCUT2D eigenvalue weighted by Crippen LogP contribution is -2.29. The molecule has 2 heterocycles. The van der Waals surface area contributed by atoms with Crippen molar-refractivity contribution >= 4 is 22.9 Å². The summed E-state index contributed by atoms with van der Waals surface area (Å²) < 4.78 is 0. The van der Waals surface area contributed by atoms with Crippen LogP contribution < -0.4 is 4.90 Å². The van der Waals surface area contributed by atoms with Crippen molar-refractivity contribution in [2.75, 3.05) is 4.90 Å². The number of nitro benzene ring substituents is 1. The molecule has 0 fully saturated rings. The average Bonchev–Trinajstić information content (AvgIpc) is 3.32. The van der Waals surface area contributed by atoms with Crippen LogP contribution in [0.5, 0.6) is 0 Å². The van der Waals surface area contributed by atoms with Crippen molar-refractivity contribution in [3.63, 3.8) is 0 Å². The van der Waals surface area contributed by atoms with Crippen LogP contribution in [0.4, 0.5) is 17.2 Å². The SMILES string of the molecule is O=[N+]([O-])c1ccc(C2=Nc3c(n[nH]c3-c3ccccc3)N(Cc3ccccc3)[C@H](c3ccccc3)C2)cc1. The average molecular weight is 500 g/mol. The molecule has 1 atom stereocenters. The minimum atomic E-state index is -0.380. The fourth-order valence-electron chi connectivity index (χ4n) is 4.96. The van der Waals surface area contributed by atoms with Crippen molar-refractivity contribution < 1.29 is 4.92 Å². The van der Waals surface area contributed by atoms with Crippen LogP contribution in [0.2, 0.25) is 0 Å². The van der Waals surface area contributed by atoms with Gasteiger partial charge in [-0.3, -0.25) is 15.2 Å². The first-order valence-corrected chi connectivity index (χ1v) is 12.5. The Kier molecular flexibility index (Phi) is 6.24. The molecular weight excluding hydrogens is 474 g/mol. The Morgan fingerprint density at radius 3 is 2.11 bits per heavy atom. The van der Waals surface area contributed by atoms with Crippen LogP contribution in [0, 0.1) is 10.1 Å². The van der Waals surface area contributed by atoms with Gasteiger partial charge in [0.1, 0.15) is 5.69 Å². The molecule has 0 radical (unpaired) electrons. The Labute approximate surface area is 220 Å². The van der Waals surface area contributed by atoms with Gasteiger partial charge in [-0.25, -0.2) is 4.99 Å². The van der Waals surface area contributed by atoms with E-state index in [1.165, 1.54) is 17.7 Å². The zero-order valence-corrected chi connectivity index (χ0v) is 20.6. The van der Waals surface area contributed by atoms with Gasteiger partial charge < -0.3 is 4.90 Å². The largest absolute Gasteiger partial charge is 0.342 e. The minimum Gasteiger partial charge on any atom is -0.342 e. The van der Waals surface area contributed by atoms with Gasteiger partial charge in [0, 0.05) is 30.7 Å². The summed E-state index contributed by atoms with van der Waals surface area (Å²) in [5.41, 5.74) is 6.67. The fraction of sp³-hybridized carbons (Fsp3) is 0.0968. The summed E-state index contributed by atoms with van der Waals surface area (Å²) in [5, 5.41) is 19.4. The first-order valence-electron chi connectivity index (χ1n) is 12.5. The Bertz CT molecular complexity index is 1580. The highest BCUT2D eigenvalue weighted by atomic mass is 16.6. The molecule has 1 aliphatic heterocycles. The van der Waals surface area contributed by atoms with Crippen LogP contribution in [-0.2, 0) is 6.54 Å². The van der Waals surface area contributed by atoms with E-state index in [1.807, 2.05) is 66.7 Å². The van der Waals surface area contributed by atoms with E-state index in [2.05, 4.69) is 34.3 Å². The van der Waals surface area contributed by atoms with E-state index in [4.69, 9.17) is 10.1 Å². The summed E-state index contributed by atoms with van der Waals surface area (Å²) in [7, 11) is 0. The number of fused-ring (bicyclic) bond motifs is 1. The van der Waals surface area contributed by atoms with Gasteiger partial charge in [-0.1, -0.05) is 91.0 Å². The van der Waals surface area contributed by atoms with Gasteiger partial charge in [0.2, 0.25) is 0 Å². The van der Waals surface area contributed by atoms with Gasteiger partial charge in [0.25, 0.3) is 5.69 Å². The highest BCUT2D eigenvalue weighted by molar-refractivity contribution is 6.05. The van der Waals surface area contributed by atoms with Crippen molar-refractivity contribution in [2.45, 2.75) is 19.0 Å². The second-order valence-corrected chi connectivity index (χ2v) is 9.24. The van der Waals surface area contributed by atoms with Crippen LogP contribution in [0.1, 0.15) is 29.2 Å². The number of H-pyrrole nitrogens is 1. The minimum absolute atomic E-state index is 0.0569. The van der Waals surface area contributed by atoms with Crippen LogP contribution in [0.3, 0.4) is 0 Å². The zero-order valence-electron chi connectivity index (χ0n) is 20.6. The van der Waals surface area contributed by atoms with E-state index in [9.17, 15) is 10.1 Å². The lowest BCUT2D eigenvalue weighted by atomic mass is 9.95. The van der Waals surface area contributed by atoms with Crippen molar-refractivity contribution in [3.8, 4) is 11.3 Å². The molecule has 1 aromatic heterocycles. The molecule has 0 amide bonds. The van der Waals surface area contributed by atoms with E-state index < -0.39 is 0 Å². The van der Waals surface area contributed by atoms with Gasteiger partial charge >= 0.3 is 0 Å². The monoisotopic (exact) mass is 499 g/mol. The topological polar surface area (TPSA) is 87.4 Å². The molecule has 1 N–H and O–H groups in total. The van der Waals surface area contributed by atoms with Crippen LogP contribution in [0.25, 0.3) is 11.3 Å². The third kappa shape index (κ3) is 4.57. The predicted octanol–water partition coefficient (Wildman–Crippen LogP) is 7.26. The normalized spacial score (nSPS) is 14.9. The molecule has 7 nitrogen and oxygen atoms in total. The van der Waals surface area contributed by atoms with Crippen molar-refractivity contribution in [3.05, 3.63) is 142 Å².